The maximum absolute atomic E-state index is 5.42. The molecule has 0 radical (unpaired) electrons. The molecule has 0 spiro atoms. The van der Waals surface area contributed by atoms with E-state index in [4.69, 9.17) is 14.2 Å². The first-order valence-electron chi connectivity index (χ1n) is 7.26. The van der Waals surface area contributed by atoms with Crippen LogP contribution in [-0.2, 0) is 6.54 Å². The molecule has 0 unspecified atom stereocenters. The summed E-state index contributed by atoms with van der Waals surface area (Å²) in [7, 11) is 5.00. The number of benzene rings is 2. The molecule has 0 aliphatic rings. The van der Waals surface area contributed by atoms with Gasteiger partial charge >= 0.3 is 0 Å². The van der Waals surface area contributed by atoms with Gasteiger partial charge in [-0.25, -0.2) is 0 Å². The standard InChI is InChI=1S/C18H23NO3/c1-13(14-6-5-7-16(10-14)20-2)19-12-15-8-9-17(21-3)11-18(15)22-4/h5-11,13,19H,12H2,1-4H3/t13-/m0/s1. The van der Waals surface area contributed by atoms with E-state index in [-0.39, 0.29) is 6.04 Å². The fraction of sp³-hybridized carbons (Fsp3) is 0.333. The van der Waals surface area contributed by atoms with Gasteiger partial charge in [0.1, 0.15) is 17.2 Å². The Kier molecular flexibility index (Phi) is 5.67. The minimum Gasteiger partial charge on any atom is -0.497 e. The third-order valence-corrected chi connectivity index (χ3v) is 3.69. The third kappa shape index (κ3) is 3.92. The highest BCUT2D eigenvalue weighted by atomic mass is 16.5. The summed E-state index contributed by atoms with van der Waals surface area (Å²) in [6.45, 7) is 2.84. The first-order valence-corrected chi connectivity index (χ1v) is 7.26. The lowest BCUT2D eigenvalue weighted by Gasteiger charge is -2.17. The Morgan fingerprint density at radius 2 is 1.64 bits per heavy atom. The highest BCUT2D eigenvalue weighted by Gasteiger charge is 2.09. The highest BCUT2D eigenvalue weighted by Crippen LogP contribution is 2.25. The zero-order valence-electron chi connectivity index (χ0n) is 13.6. The van der Waals surface area contributed by atoms with Crippen molar-refractivity contribution in [2.45, 2.75) is 19.5 Å². The first kappa shape index (κ1) is 16.2. The van der Waals surface area contributed by atoms with Gasteiger partial charge in [0.15, 0.2) is 0 Å². The van der Waals surface area contributed by atoms with Crippen molar-refractivity contribution in [2.75, 3.05) is 21.3 Å². The SMILES string of the molecule is COc1cccc([C@H](C)NCc2ccc(OC)cc2OC)c1. The van der Waals surface area contributed by atoms with Crippen molar-refractivity contribution in [3.8, 4) is 17.2 Å². The Hall–Kier alpha value is -2.20. The number of nitrogens with one attached hydrogen (secondary N) is 1. The van der Waals surface area contributed by atoms with E-state index in [1.54, 1.807) is 21.3 Å². The van der Waals surface area contributed by atoms with Crippen molar-refractivity contribution in [3.63, 3.8) is 0 Å². The monoisotopic (exact) mass is 301 g/mol. The molecule has 118 valence electrons. The van der Waals surface area contributed by atoms with Crippen molar-refractivity contribution >= 4 is 0 Å². The van der Waals surface area contributed by atoms with E-state index in [1.165, 1.54) is 5.56 Å². The molecule has 0 heterocycles. The van der Waals surface area contributed by atoms with Crippen LogP contribution >= 0.6 is 0 Å². The molecule has 0 saturated heterocycles. The van der Waals surface area contributed by atoms with Gasteiger partial charge in [-0.3, -0.25) is 0 Å². The normalized spacial score (nSPS) is 11.8. The molecule has 0 aliphatic heterocycles. The molecule has 1 atom stereocenters. The van der Waals surface area contributed by atoms with Crippen molar-refractivity contribution in [1.82, 2.24) is 5.32 Å². The molecule has 0 bridgehead atoms. The van der Waals surface area contributed by atoms with Gasteiger partial charge in [0.25, 0.3) is 0 Å². The molecule has 4 nitrogen and oxygen atoms in total. The Morgan fingerprint density at radius 3 is 2.32 bits per heavy atom. The van der Waals surface area contributed by atoms with Gasteiger partial charge in [0.2, 0.25) is 0 Å². The Labute approximate surface area is 132 Å². The predicted octanol–water partition coefficient (Wildman–Crippen LogP) is 3.56. The maximum Gasteiger partial charge on any atom is 0.127 e. The summed E-state index contributed by atoms with van der Waals surface area (Å²) in [5.74, 6) is 2.49. The summed E-state index contributed by atoms with van der Waals surface area (Å²) in [4.78, 5) is 0. The molecule has 0 saturated carbocycles. The van der Waals surface area contributed by atoms with Crippen LogP contribution in [0.2, 0.25) is 0 Å². The average molecular weight is 301 g/mol. The number of ether oxygens (including phenoxy) is 3. The molecule has 22 heavy (non-hydrogen) atoms. The fourth-order valence-corrected chi connectivity index (χ4v) is 2.29. The second-order valence-electron chi connectivity index (χ2n) is 5.06. The molecule has 4 heteroatoms. The topological polar surface area (TPSA) is 39.7 Å². The molecule has 0 fully saturated rings. The van der Waals surface area contributed by atoms with Crippen molar-refractivity contribution in [1.29, 1.82) is 0 Å². The molecule has 2 aromatic rings. The summed E-state index contributed by atoms with van der Waals surface area (Å²) < 4.78 is 15.9. The van der Waals surface area contributed by atoms with E-state index >= 15 is 0 Å². The second-order valence-corrected chi connectivity index (χ2v) is 5.06. The van der Waals surface area contributed by atoms with Crippen LogP contribution in [0.3, 0.4) is 0 Å². The van der Waals surface area contributed by atoms with E-state index in [1.807, 2.05) is 36.4 Å². The largest absolute Gasteiger partial charge is 0.497 e. The third-order valence-electron chi connectivity index (χ3n) is 3.69. The smallest absolute Gasteiger partial charge is 0.127 e. The highest BCUT2D eigenvalue weighted by molar-refractivity contribution is 5.40. The lowest BCUT2D eigenvalue weighted by atomic mass is 10.1. The number of methoxy groups -OCH3 is 3. The van der Waals surface area contributed by atoms with Crippen LogP contribution in [0.25, 0.3) is 0 Å². The molecule has 0 amide bonds. The molecule has 2 aromatic carbocycles. The summed E-state index contributed by atoms with van der Waals surface area (Å²) in [5, 5.41) is 3.50. The molecule has 0 aliphatic carbocycles. The second kappa shape index (κ2) is 7.71. The van der Waals surface area contributed by atoms with Crippen LogP contribution < -0.4 is 19.5 Å². The fourth-order valence-electron chi connectivity index (χ4n) is 2.29. The van der Waals surface area contributed by atoms with Gasteiger partial charge < -0.3 is 19.5 Å². The van der Waals surface area contributed by atoms with Gasteiger partial charge in [0.05, 0.1) is 21.3 Å². The minimum atomic E-state index is 0.210. The Bertz CT molecular complexity index is 613. The van der Waals surface area contributed by atoms with Gasteiger partial charge in [-0.15, -0.1) is 0 Å². The molecular formula is C18H23NO3. The first-order chi connectivity index (χ1) is 10.7. The van der Waals surface area contributed by atoms with Gasteiger partial charge in [-0.05, 0) is 30.7 Å². The summed E-state index contributed by atoms with van der Waals surface area (Å²) >= 11 is 0. The van der Waals surface area contributed by atoms with E-state index in [0.29, 0.717) is 6.54 Å². The van der Waals surface area contributed by atoms with Crippen LogP contribution in [0.4, 0.5) is 0 Å². The van der Waals surface area contributed by atoms with E-state index in [2.05, 4.69) is 18.3 Å². The van der Waals surface area contributed by atoms with E-state index in [0.717, 1.165) is 22.8 Å². The van der Waals surface area contributed by atoms with Crippen LogP contribution in [0, 0.1) is 0 Å². The van der Waals surface area contributed by atoms with E-state index < -0.39 is 0 Å². The summed E-state index contributed by atoms with van der Waals surface area (Å²) in [6.07, 6.45) is 0. The number of hydrogen-bond acceptors (Lipinski definition) is 4. The van der Waals surface area contributed by atoms with E-state index in [9.17, 15) is 0 Å². The minimum absolute atomic E-state index is 0.210. The summed E-state index contributed by atoms with van der Waals surface area (Å²) in [6, 6.07) is 14.1. The van der Waals surface area contributed by atoms with Crippen molar-refractivity contribution < 1.29 is 14.2 Å². The molecule has 2 rings (SSSR count). The Morgan fingerprint density at radius 1 is 0.909 bits per heavy atom. The van der Waals surface area contributed by atoms with Gasteiger partial charge in [0, 0.05) is 24.2 Å². The summed E-state index contributed by atoms with van der Waals surface area (Å²) in [5.41, 5.74) is 2.28. The molecule has 0 aromatic heterocycles. The zero-order valence-corrected chi connectivity index (χ0v) is 13.6. The van der Waals surface area contributed by atoms with Crippen molar-refractivity contribution in [3.05, 3.63) is 53.6 Å². The van der Waals surface area contributed by atoms with Crippen molar-refractivity contribution in [2.24, 2.45) is 0 Å². The number of hydrogen-bond donors (Lipinski definition) is 1. The van der Waals surface area contributed by atoms with Crippen LogP contribution in [0.5, 0.6) is 17.2 Å². The van der Waals surface area contributed by atoms with Gasteiger partial charge in [-0.1, -0.05) is 18.2 Å². The lowest BCUT2D eigenvalue weighted by molar-refractivity contribution is 0.388. The molecule has 1 N–H and O–H groups in total. The zero-order chi connectivity index (χ0) is 15.9. The average Bonchev–Trinajstić information content (AvgIpc) is 2.59. The maximum atomic E-state index is 5.42. The lowest BCUT2D eigenvalue weighted by Crippen LogP contribution is -2.18. The number of rotatable bonds is 7. The van der Waals surface area contributed by atoms with Crippen LogP contribution in [0.15, 0.2) is 42.5 Å². The van der Waals surface area contributed by atoms with Gasteiger partial charge in [-0.2, -0.15) is 0 Å². The quantitative estimate of drug-likeness (QED) is 0.849. The Balaban J connectivity index is 2.05. The van der Waals surface area contributed by atoms with Crippen LogP contribution in [0.1, 0.15) is 24.1 Å². The molecular weight excluding hydrogens is 278 g/mol. The van der Waals surface area contributed by atoms with Crippen LogP contribution in [-0.4, -0.2) is 21.3 Å². The predicted molar refractivity (Wildman–Crippen MR) is 87.8 cm³/mol.